The van der Waals surface area contributed by atoms with Gasteiger partial charge in [0.05, 0.1) is 0 Å². The first kappa shape index (κ1) is 18.2. The van der Waals surface area contributed by atoms with Crippen LogP contribution in [0.25, 0.3) is 0 Å². The lowest BCUT2D eigenvalue weighted by molar-refractivity contribution is -0.907. The Labute approximate surface area is 151 Å². The summed E-state index contributed by atoms with van der Waals surface area (Å²) < 4.78 is 5.77. The molecular formula is C20H32N3O2+. The van der Waals surface area contributed by atoms with Crippen molar-refractivity contribution in [3.8, 4) is 0 Å². The fourth-order valence-electron chi connectivity index (χ4n) is 4.13. The lowest BCUT2D eigenvalue weighted by Gasteiger charge is -2.38. The summed E-state index contributed by atoms with van der Waals surface area (Å²) >= 11 is 0. The molecule has 2 fully saturated rings. The molecule has 0 saturated carbocycles. The molecule has 0 radical (unpaired) electrons. The third-order valence-corrected chi connectivity index (χ3v) is 5.57. The van der Waals surface area contributed by atoms with Crippen LogP contribution in [0.15, 0.2) is 18.2 Å². The number of quaternary nitrogens is 1. The van der Waals surface area contributed by atoms with Crippen molar-refractivity contribution in [1.29, 1.82) is 0 Å². The molecule has 2 aliphatic rings. The summed E-state index contributed by atoms with van der Waals surface area (Å²) in [7, 11) is 0. The Morgan fingerprint density at radius 1 is 1.12 bits per heavy atom. The van der Waals surface area contributed by atoms with E-state index in [9.17, 15) is 4.79 Å². The molecule has 5 nitrogen and oxygen atoms in total. The topological polar surface area (TPSA) is 37.2 Å². The Kier molecular flexibility index (Phi) is 5.64. The number of piperazine rings is 1. The van der Waals surface area contributed by atoms with Gasteiger partial charge in [0.1, 0.15) is 25.3 Å². The number of benzene rings is 1. The minimum atomic E-state index is 0.243. The molecule has 2 heterocycles. The quantitative estimate of drug-likeness (QED) is 0.873. The van der Waals surface area contributed by atoms with E-state index < -0.39 is 0 Å². The number of amides is 1. The molecular weight excluding hydrogens is 314 g/mol. The maximum atomic E-state index is 12.7. The summed E-state index contributed by atoms with van der Waals surface area (Å²) in [6.07, 6.45) is 0.486. The zero-order valence-electron chi connectivity index (χ0n) is 16.0. The van der Waals surface area contributed by atoms with Gasteiger partial charge in [-0.3, -0.25) is 4.79 Å². The highest BCUT2D eigenvalue weighted by Gasteiger charge is 2.30. The zero-order chi connectivity index (χ0) is 18.0. The Balaban J connectivity index is 1.53. The van der Waals surface area contributed by atoms with Crippen LogP contribution in [0.4, 0.5) is 5.69 Å². The van der Waals surface area contributed by atoms with Crippen LogP contribution in [0.2, 0.25) is 0 Å². The largest absolute Gasteiger partial charge is 0.368 e. The second-order valence-electron chi connectivity index (χ2n) is 7.68. The van der Waals surface area contributed by atoms with E-state index in [0.29, 0.717) is 6.54 Å². The lowest BCUT2D eigenvalue weighted by Crippen LogP contribution is -3.16. The Morgan fingerprint density at radius 3 is 2.40 bits per heavy atom. The SMILES string of the molecule is Cc1cccc(N2CCN(C(=O)C[NH+]3C[C@@H](C)O[C@@H](C)C3)CC2)c1C. The molecule has 1 aromatic rings. The summed E-state index contributed by atoms with van der Waals surface area (Å²) in [5, 5.41) is 0. The van der Waals surface area contributed by atoms with Crippen LogP contribution >= 0.6 is 0 Å². The number of hydrogen-bond acceptors (Lipinski definition) is 3. The summed E-state index contributed by atoms with van der Waals surface area (Å²) in [4.78, 5) is 18.5. The van der Waals surface area contributed by atoms with Crippen LogP contribution in [0, 0.1) is 13.8 Å². The molecule has 0 aliphatic carbocycles. The van der Waals surface area contributed by atoms with Crippen molar-refractivity contribution in [3.05, 3.63) is 29.3 Å². The molecule has 0 bridgehead atoms. The first-order valence-electron chi connectivity index (χ1n) is 9.52. The smallest absolute Gasteiger partial charge is 0.277 e. The molecule has 1 unspecified atom stereocenters. The maximum absolute atomic E-state index is 12.7. The predicted molar refractivity (Wildman–Crippen MR) is 100 cm³/mol. The molecule has 1 aromatic carbocycles. The monoisotopic (exact) mass is 346 g/mol. The van der Waals surface area contributed by atoms with Gasteiger partial charge in [-0.05, 0) is 44.9 Å². The first-order valence-corrected chi connectivity index (χ1v) is 9.52. The highest BCUT2D eigenvalue weighted by atomic mass is 16.5. The number of hydrogen-bond donors (Lipinski definition) is 1. The van der Waals surface area contributed by atoms with E-state index in [0.717, 1.165) is 39.3 Å². The van der Waals surface area contributed by atoms with Crippen molar-refractivity contribution >= 4 is 11.6 Å². The van der Waals surface area contributed by atoms with Crippen molar-refractivity contribution < 1.29 is 14.4 Å². The number of rotatable bonds is 3. The van der Waals surface area contributed by atoms with Gasteiger partial charge in [0.15, 0.2) is 6.54 Å². The van der Waals surface area contributed by atoms with Gasteiger partial charge < -0.3 is 19.4 Å². The minimum absolute atomic E-state index is 0.243. The second kappa shape index (κ2) is 7.75. The minimum Gasteiger partial charge on any atom is -0.368 e. The summed E-state index contributed by atoms with van der Waals surface area (Å²) in [6.45, 7) is 14.5. The fraction of sp³-hybridized carbons (Fsp3) is 0.650. The predicted octanol–water partition coefficient (Wildman–Crippen LogP) is 0.644. The van der Waals surface area contributed by atoms with E-state index in [1.165, 1.54) is 21.7 Å². The number of aryl methyl sites for hydroxylation is 1. The lowest BCUT2D eigenvalue weighted by atomic mass is 10.1. The van der Waals surface area contributed by atoms with Gasteiger partial charge in [-0.2, -0.15) is 0 Å². The Bertz CT molecular complexity index is 601. The molecule has 3 atom stereocenters. The Hall–Kier alpha value is -1.59. The number of carbonyl (C=O) groups excluding carboxylic acids is 1. The van der Waals surface area contributed by atoms with Gasteiger partial charge in [-0.15, -0.1) is 0 Å². The van der Waals surface area contributed by atoms with Crippen molar-refractivity contribution in [3.63, 3.8) is 0 Å². The van der Waals surface area contributed by atoms with Gasteiger partial charge in [0.25, 0.3) is 5.91 Å². The van der Waals surface area contributed by atoms with Crippen molar-refractivity contribution in [1.82, 2.24) is 4.90 Å². The number of nitrogens with one attached hydrogen (secondary N) is 1. The molecule has 0 spiro atoms. The van der Waals surface area contributed by atoms with Crippen LogP contribution in [0.3, 0.4) is 0 Å². The molecule has 2 saturated heterocycles. The van der Waals surface area contributed by atoms with E-state index in [4.69, 9.17) is 4.74 Å². The van der Waals surface area contributed by atoms with Crippen LogP contribution < -0.4 is 9.80 Å². The van der Waals surface area contributed by atoms with Crippen molar-refractivity contribution in [2.24, 2.45) is 0 Å². The average Bonchev–Trinajstić information content (AvgIpc) is 2.56. The average molecular weight is 346 g/mol. The molecule has 2 aliphatic heterocycles. The van der Waals surface area contributed by atoms with Gasteiger partial charge in [0, 0.05) is 31.9 Å². The van der Waals surface area contributed by atoms with Crippen LogP contribution in [-0.2, 0) is 9.53 Å². The van der Waals surface area contributed by atoms with E-state index >= 15 is 0 Å². The fourth-order valence-corrected chi connectivity index (χ4v) is 4.13. The molecule has 1 amide bonds. The molecule has 25 heavy (non-hydrogen) atoms. The highest BCUT2D eigenvalue weighted by molar-refractivity contribution is 5.77. The normalized spacial score (nSPS) is 27.4. The van der Waals surface area contributed by atoms with Crippen LogP contribution in [0.5, 0.6) is 0 Å². The van der Waals surface area contributed by atoms with Gasteiger partial charge >= 0.3 is 0 Å². The molecule has 5 heteroatoms. The van der Waals surface area contributed by atoms with E-state index in [1.54, 1.807) is 0 Å². The van der Waals surface area contributed by atoms with Gasteiger partial charge in [-0.1, -0.05) is 12.1 Å². The standard InChI is InChI=1S/C20H31N3O2/c1-15-6-5-7-19(18(15)4)22-8-10-23(11-9-22)20(24)14-21-12-16(2)25-17(3)13-21/h5-7,16-17H,8-14H2,1-4H3/p+1/t16-,17+. The number of anilines is 1. The van der Waals surface area contributed by atoms with E-state index in [1.807, 2.05) is 4.90 Å². The maximum Gasteiger partial charge on any atom is 0.277 e. The van der Waals surface area contributed by atoms with Gasteiger partial charge in [-0.25, -0.2) is 0 Å². The number of ether oxygens (including phenoxy) is 1. The second-order valence-corrected chi connectivity index (χ2v) is 7.68. The Morgan fingerprint density at radius 2 is 1.76 bits per heavy atom. The molecule has 138 valence electrons. The zero-order valence-corrected chi connectivity index (χ0v) is 16.0. The van der Waals surface area contributed by atoms with E-state index in [-0.39, 0.29) is 18.1 Å². The number of carbonyl (C=O) groups is 1. The summed E-state index contributed by atoms with van der Waals surface area (Å²) in [5.41, 5.74) is 3.99. The molecule has 0 aromatic heterocycles. The number of nitrogens with zero attached hydrogens (tertiary/aromatic N) is 2. The third-order valence-electron chi connectivity index (χ3n) is 5.57. The number of morpholine rings is 1. The highest BCUT2D eigenvalue weighted by Crippen LogP contribution is 2.23. The van der Waals surface area contributed by atoms with Crippen molar-refractivity contribution in [2.75, 3.05) is 50.7 Å². The molecule has 3 rings (SSSR count). The van der Waals surface area contributed by atoms with Crippen molar-refractivity contribution in [2.45, 2.75) is 39.9 Å². The summed E-state index contributed by atoms with van der Waals surface area (Å²) in [6, 6.07) is 6.48. The molecule has 1 N–H and O–H groups in total. The van der Waals surface area contributed by atoms with E-state index in [2.05, 4.69) is 50.8 Å². The summed E-state index contributed by atoms with van der Waals surface area (Å²) in [5.74, 6) is 0.289. The van der Waals surface area contributed by atoms with Crippen LogP contribution in [-0.4, -0.2) is 68.8 Å². The van der Waals surface area contributed by atoms with Crippen LogP contribution in [0.1, 0.15) is 25.0 Å². The van der Waals surface area contributed by atoms with Gasteiger partial charge in [0.2, 0.25) is 0 Å². The third kappa shape index (κ3) is 4.33. The first-order chi connectivity index (χ1) is 11.9.